The average molecular weight is 424 g/mol. The van der Waals surface area contributed by atoms with Gasteiger partial charge in [0.05, 0.1) is 33.0 Å². The third-order valence-corrected chi connectivity index (χ3v) is 5.39. The Bertz CT molecular complexity index is 593. The fraction of sp³-hybridized carbons (Fsp3) is 0.708. The number of methoxy groups -OCH3 is 2. The third kappa shape index (κ3) is 10.3. The van der Waals surface area contributed by atoms with Crippen LogP contribution in [-0.4, -0.2) is 43.0 Å². The zero-order chi connectivity index (χ0) is 22.2. The predicted octanol–water partition coefficient (Wildman–Crippen LogP) is 4.53. The molecule has 0 bridgehead atoms. The highest BCUT2D eigenvalue weighted by atomic mass is 16.5. The molecule has 0 fully saturated rings. The number of rotatable bonds is 17. The molecular weight excluding hydrogens is 382 g/mol. The lowest BCUT2D eigenvalue weighted by atomic mass is 10.0. The number of hydrogen-bond donors (Lipinski definition) is 3. The summed E-state index contributed by atoms with van der Waals surface area (Å²) in [5.74, 6) is 1.04. The number of benzene rings is 1. The molecule has 0 saturated heterocycles. The van der Waals surface area contributed by atoms with Crippen LogP contribution in [0.15, 0.2) is 18.2 Å². The maximum absolute atomic E-state index is 12.2. The van der Waals surface area contributed by atoms with E-state index in [9.17, 15) is 15.0 Å². The smallest absolute Gasteiger partial charge is 0.220 e. The third-order valence-electron chi connectivity index (χ3n) is 5.39. The minimum atomic E-state index is -0.824. The van der Waals surface area contributed by atoms with Crippen LogP contribution in [0, 0.1) is 0 Å². The zero-order valence-electron chi connectivity index (χ0n) is 19.0. The van der Waals surface area contributed by atoms with Crippen molar-refractivity contribution in [1.29, 1.82) is 0 Å². The molecule has 6 heteroatoms. The molecule has 30 heavy (non-hydrogen) atoms. The summed E-state index contributed by atoms with van der Waals surface area (Å²) in [6.07, 6.45) is 10.7. The van der Waals surface area contributed by atoms with Gasteiger partial charge in [-0.25, -0.2) is 0 Å². The van der Waals surface area contributed by atoms with Gasteiger partial charge in [0.25, 0.3) is 0 Å². The van der Waals surface area contributed by atoms with Crippen molar-refractivity contribution in [3.05, 3.63) is 23.8 Å². The van der Waals surface area contributed by atoms with Gasteiger partial charge in [0, 0.05) is 6.42 Å². The highest BCUT2D eigenvalue weighted by Gasteiger charge is 2.19. The fourth-order valence-electron chi connectivity index (χ4n) is 3.54. The second-order valence-corrected chi connectivity index (χ2v) is 7.89. The van der Waals surface area contributed by atoms with Crippen LogP contribution >= 0.6 is 0 Å². The quantitative estimate of drug-likeness (QED) is 0.321. The van der Waals surface area contributed by atoms with E-state index in [1.807, 2.05) is 0 Å². The van der Waals surface area contributed by atoms with Gasteiger partial charge in [0.2, 0.25) is 5.91 Å². The summed E-state index contributed by atoms with van der Waals surface area (Å²) in [4.78, 5) is 12.2. The number of unbranched alkanes of at least 4 members (excludes halogenated alkanes) is 8. The van der Waals surface area contributed by atoms with Gasteiger partial charge in [-0.1, -0.05) is 64.4 Å². The van der Waals surface area contributed by atoms with Crippen molar-refractivity contribution in [2.45, 2.75) is 89.7 Å². The topological polar surface area (TPSA) is 88.0 Å². The molecule has 1 rings (SSSR count). The number of aliphatic hydroxyl groups is 2. The molecule has 1 aromatic rings. The Morgan fingerprint density at radius 1 is 0.967 bits per heavy atom. The molecule has 1 amide bonds. The van der Waals surface area contributed by atoms with E-state index in [-0.39, 0.29) is 18.9 Å². The Balaban J connectivity index is 2.31. The highest BCUT2D eigenvalue weighted by molar-refractivity contribution is 5.76. The van der Waals surface area contributed by atoms with Gasteiger partial charge in [0.1, 0.15) is 0 Å². The van der Waals surface area contributed by atoms with Crippen LogP contribution < -0.4 is 14.8 Å². The first-order valence-electron chi connectivity index (χ1n) is 11.4. The maximum Gasteiger partial charge on any atom is 0.220 e. The zero-order valence-corrected chi connectivity index (χ0v) is 19.0. The van der Waals surface area contributed by atoms with Crippen molar-refractivity contribution < 1.29 is 24.5 Å². The van der Waals surface area contributed by atoms with E-state index in [4.69, 9.17) is 9.47 Å². The van der Waals surface area contributed by atoms with Crippen molar-refractivity contribution in [1.82, 2.24) is 5.32 Å². The minimum Gasteiger partial charge on any atom is -0.493 e. The SMILES string of the molecule is CCCCCCCCCCCC(=O)N[C@@H](CO)C[C@@H](O)c1ccc(OC)c(OC)c1. The average Bonchev–Trinajstić information content (AvgIpc) is 2.76. The summed E-state index contributed by atoms with van der Waals surface area (Å²) < 4.78 is 10.5. The molecule has 0 spiro atoms. The first kappa shape index (κ1) is 26.2. The van der Waals surface area contributed by atoms with E-state index in [2.05, 4.69) is 12.2 Å². The molecule has 0 saturated carbocycles. The Kier molecular flexibility index (Phi) is 14.0. The van der Waals surface area contributed by atoms with Crippen LogP contribution in [0.1, 0.15) is 89.2 Å². The van der Waals surface area contributed by atoms with Gasteiger partial charge < -0.3 is 25.0 Å². The summed E-state index contributed by atoms with van der Waals surface area (Å²) in [7, 11) is 3.09. The number of carbonyl (C=O) groups is 1. The molecule has 6 nitrogen and oxygen atoms in total. The molecule has 0 aliphatic carbocycles. The largest absolute Gasteiger partial charge is 0.493 e. The van der Waals surface area contributed by atoms with Crippen LogP contribution in [0.25, 0.3) is 0 Å². The monoisotopic (exact) mass is 423 g/mol. The summed E-state index contributed by atoms with van der Waals surface area (Å²) in [5.41, 5.74) is 0.652. The molecule has 2 atom stereocenters. The summed E-state index contributed by atoms with van der Waals surface area (Å²) >= 11 is 0. The maximum atomic E-state index is 12.2. The van der Waals surface area contributed by atoms with Gasteiger partial charge in [-0.05, 0) is 30.5 Å². The molecule has 0 aromatic heterocycles. The van der Waals surface area contributed by atoms with E-state index in [1.54, 1.807) is 25.3 Å². The molecule has 0 unspecified atom stereocenters. The normalized spacial score (nSPS) is 13.0. The Morgan fingerprint density at radius 2 is 1.57 bits per heavy atom. The lowest BCUT2D eigenvalue weighted by molar-refractivity contribution is -0.122. The number of hydrogen-bond acceptors (Lipinski definition) is 5. The van der Waals surface area contributed by atoms with Gasteiger partial charge in [-0.2, -0.15) is 0 Å². The van der Waals surface area contributed by atoms with Gasteiger partial charge >= 0.3 is 0 Å². The van der Waals surface area contributed by atoms with E-state index in [1.165, 1.54) is 52.1 Å². The lowest BCUT2D eigenvalue weighted by Gasteiger charge is -2.21. The van der Waals surface area contributed by atoms with Gasteiger partial charge in [-0.3, -0.25) is 4.79 Å². The van der Waals surface area contributed by atoms with Crippen molar-refractivity contribution in [3.63, 3.8) is 0 Å². The van der Waals surface area contributed by atoms with Crippen LogP contribution in [0.4, 0.5) is 0 Å². The number of amides is 1. The Morgan fingerprint density at radius 3 is 2.13 bits per heavy atom. The van der Waals surface area contributed by atoms with E-state index in [0.717, 1.165) is 12.8 Å². The number of nitrogens with one attached hydrogen (secondary N) is 1. The second kappa shape index (κ2) is 16.0. The molecule has 0 aliphatic heterocycles. The molecule has 1 aromatic carbocycles. The summed E-state index contributed by atoms with van der Waals surface area (Å²) in [6.45, 7) is 2.01. The summed E-state index contributed by atoms with van der Waals surface area (Å²) in [6, 6.07) is 4.71. The molecule has 172 valence electrons. The Labute approximate surface area is 182 Å². The second-order valence-electron chi connectivity index (χ2n) is 7.89. The van der Waals surface area contributed by atoms with Crippen LogP contribution in [-0.2, 0) is 4.79 Å². The molecule has 0 aliphatic rings. The first-order valence-corrected chi connectivity index (χ1v) is 11.4. The molecular formula is C24H41NO5. The van der Waals surface area contributed by atoms with Crippen molar-refractivity contribution >= 4 is 5.91 Å². The van der Waals surface area contributed by atoms with Crippen LogP contribution in [0.2, 0.25) is 0 Å². The Hall–Kier alpha value is -1.79. The number of carbonyl (C=O) groups excluding carboxylic acids is 1. The van der Waals surface area contributed by atoms with E-state index >= 15 is 0 Å². The standard InChI is InChI=1S/C24H41NO5/c1-4-5-6-7-8-9-10-11-12-13-24(28)25-20(18-26)17-21(27)19-14-15-22(29-2)23(16-19)30-3/h14-16,20-21,26-27H,4-13,17-18H2,1-3H3,(H,25,28)/t20-,21-/m1/s1. The van der Waals surface area contributed by atoms with Gasteiger partial charge in [-0.15, -0.1) is 0 Å². The van der Waals surface area contributed by atoms with E-state index < -0.39 is 12.1 Å². The number of ether oxygens (including phenoxy) is 2. The van der Waals surface area contributed by atoms with Crippen molar-refractivity contribution in [2.24, 2.45) is 0 Å². The minimum absolute atomic E-state index is 0.0727. The molecule has 0 radical (unpaired) electrons. The predicted molar refractivity (Wildman–Crippen MR) is 120 cm³/mol. The molecule has 0 heterocycles. The van der Waals surface area contributed by atoms with Gasteiger partial charge in [0.15, 0.2) is 11.5 Å². The highest BCUT2D eigenvalue weighted by Crippen LogP contribution is 2.31. The van der Waals surface area contributed by atoms with Crippen LogP contribution in [0.3, 0.4) is 0 Å². The first-order chi connectivity index (χ1) is 14.5. The van der Waals surface area contributed by atoms with Crippen molar-refractivity contribution in [3.8, 4) is 11.5 Å². The van der Waals surface area contributed by atoms with E-state index in [0.29, 0.717) is 23.5 Å². The number of aliphatic hydroxyl groups excluding tert-OH is 2. The van der Waals surface area contributed by atoms with Crippen molar-refractivity contribution in [2.75, 3.05) is 20.8 Å². The lowest BCUT2D eigenvalue weighted by Crippen LogP contribution is -2.38. The van der Waals surface area contributed by atoms with Crippen LogP contribution in [0.5, 0.6) is 11.5 Å². The fourth-order valence-corrected chi connectivity index (χ4v) is 3.54. The molecule has 3 N–H and O–H groups in total. The summed E-state index contributed by atoms with van der Waals surface area (Å²) in [5, 5.41) is 23.0.